The molecule has 0 saturated heterocycles. The molecule has 4 rings (SSSR count). The van der Waals surface area contributed by atoms with E-state index < -0.39 is 0 Å². The number of anilines is 1. The number of nitrogens with one attached hydrogen (secondary N) is 1. The first-order valence-corrected chi connectivity index (χ1v) is 8.85. The van der Waals surface area contributed by atoms with Gasteiger partial charge in [0.25, 0.3) is 5.91 Å². The van der Waals surface area contributed by atoms with Crippen molar-refractivity contribution in [3.05, 3.63) is 53.5 Å². The Morgan fingerprint density at radius 2 is 1.92 bits per heavy atom. The number of rotatable bonds is 3. The molecule has 2 aromatic heterocycles. The van der Waals surface area contributed by atoms with E-state index in [0.717, 1.165) is 27.8 Å². The maximum Gasteiger partial charge on any atom is 0.257 e. The largest absolute Gasteiger partial charge is 0.319 e. The van der Waals surface area contributed by atoms with Gasteiger partial charge in [0, 0.05) is 11.6 Å². The molecule has 0 aliphatic heterocycles. The average molecular weight is 334 g/mol. The Kier molecular flexibility index (Phi) is 3.99. The van der Waals surface area contributed by atoms with Gasteiger partial charge in [0.1, 0.15) is 0 Å². The summed E-state index contributed by atoms with van der Waals surface area (Å²) < 4.78 is 2.06. The first kappa shape index (κ1) is 15.8. The van der Waals surface area contributed by atoms with Crippen LogP contribution in [0.15, 0.2) is 36.7 Å². The van der Waals surface area contributed by atoms with Crippen LogP contribution in [0.1, 0.15) is 53.3 Å². The Hall–Kier alpha value is -2.69. The van der Waals surface area contributed by atoms with E-state index in [-0.39, 0.29) is 5.91 Å². The molecule has 2 heterocycles. The third-order valence-electron chi connectivity index (χ3n) is 5.25. The summed E-state index contributed by atoms with van der Waals surface area (Å²) in [5.41, 5.74) is 4.26. The zero-order valence-corrected chi connectivity index (χ0v) is 14.6. The van der Waals surface area contributed by atoms with Crippen molar-refractivity contribution in [2.24, 2.45) is 0 Å². The summed E-state index contributed by atoms with van der Waals surface area (Å²) in [4.78, 5) is 17.2. The molecule has 25 heavy (non-hydrogen) atoms. The zero-order valence-electron chi connectivity index (χ0n) is 14.6. The number of aryl methyl sites for hydroxylation is 1. The van der Waals surface area contributed by atoms with E-state index in [4.69, 9.17) is 0 Å². The zero-order chi connectivity index (χ0) is 17.4. The third-order valence-corrected chi connectivity index (χ3v) is 5.25. The highest BCUT2D eigenvalue weighted by Gasteiger charge is 2.21. The number of hydrogen-bond donors (Lipinski definition) is 1. The summed E-state index contributed by atoms with van der Waals surface area (Å²) in [6.07, 6.45) is 8.27. The highest BCUT2D eigenvalue weighted by Crippen LogP contribution is 2.31. The summed E-state index contributed by atoms with van der Waals surface area (Å²) >= 11 is 0. The monoisotopic (exact) mass is 334 g/mol. The topological polar surface area (TPSA) is 59.8 Å². The summed E-state index contributed by atoms with van der Waals surface area (Å²) in [5.74, 6) is -0.134. The number of benzene rings is 1. The molecule has 0 atom stereocenters. The highest BCUT2D eigenvalue weighted by molar-refractivity contribution is 6.07. The fourth-order valence-corrected chi connectivity index (χ4v) is 3.76. The Bertz CT molecular complexity index is 938. The predicted octanol–water partition coefficient (Wildman–Crippen LogP) is 4.42. The normalized spacial score (nSPS) is 15.0. The predicted molar refractivity (Wildman–Crippen MR) is 98.9 cm³/mol. The molecule has 1 N–H and O–H groups in total. The number of aromatic nitrogens is 3. The number of nitrogens with zero attached hydrogens (tertiary/aromatic N) is 3. The molecule has 5 nitrogen and oxygen atoms in total. The third kappa shape index (κ3) is 2.80. The Morgan fingerprint density at radius 1 is 1.16 bits per heavy atom. The van der Waals surface area contributed by atoms with Crippen molar-refractivity contribution in [3.63, 3.8) is 0 Å². The van der Waals surface area contributed by atoms with Crippen molar-refractivity contribution in [3.8, 4) is 0 Å². The van der Waals surface area contributed by atoms with Gasteiger partial charge >= 0.3 is 0 Å². The second-order valence-corrected chi connectivity index (χ2v) is 6.79. The lowest BCUT2D eigenvalue weighted by molar-refractivity contribution is 0.102. The minimum Gasteiger partial charge on any atom is -0.319 e. The number of hydrogen-bond acceptors (Lipinski definition) is 3. The van der Waals surface area contributed by atoms with Crippen LogP contribution in [0.5, 0.6) is 0 Å². The van der Waals surface area contributed by atoms with E-state index in [1.807, 2.05) is 38.1 Å². The van der Waals surface area contributed by atoms with Crippen molar-refractivity contribution < 1.29 is 4.79 Å². The molecule has 1 amide bonds. The van der Waals surface area contributed by atoms with Gasteiger partial charge in [-0.15, -0.1) is 0 Å². The number of fused-ring (bicyclic) bond motifs is 1. The van der Waals surface area contributed by atoms with E-state index in [1.54, 1.807) is 12.4 Å². The molecule has 1 saturated carbocycles. The smallest absolute Gasteiger partial charge is 0.257 e. The van der Waals surface area contributed by atoms with E-state index in [9.17, 15) is 4.79 Å². The summed E-state index contributed by atoms with van der Waals surface area (Å²) in [5, 5.41) is 8.52. The van der Waals surface area contributed by atoms with Crippen molar-refractivity contribution in [1.29, 1.82) is 0 Å². The van der Waals surface area contributed by atoms with E-state index in [0.29, 0.717) is 11.6 Å². The van der Waals surface area contributed by atoms with Gasteiger partial charge in [0.05, 0.1) is 34.7 Å². The van der Waals surface area contributed by atoms with E-state index in [1.165, 1.54) is 25.7 Å². The second-order valence-electron chi connectivity index (χ2n) is 6.79. The van der Waals surface area contributed by atoms with Crippen LogP contribution in [0.25, 0.3) is 10.9 Å². The first-order valence-electron chi connectivity index (χ1n) is 8.85. The SMILES string of the molecule is Cc1c(C(=O)Nc2cnn(C3CCCC3)c2C)cnc2ccccc12. The fourth-order valence-electron chi connectivity index (χ4n) is 3.76. The van der Waals surface area contributed by atoms with Gasteiger partial charge in [-0.3, -0.25) is 14.5 Å². The van der Waals surface area contributed by atoms with Gasteiger partial charge in [-0.05, 0) is 38.3 Å². The van der Waals surface area contributed by atoms with Crippen molar-refractivity contribution >= 4 is 22.5 Å². The number of carbonyl (C=O) groups excluding carboxylic acids is 1. The van der Waals surface area contributed by atoms with Gasteiger partial charge in [-0.2, -0.15) is 5.10 Å². The number of para-hydroxylation sites is 1. The molecule has 0 radical (unpaired) electrons. The molecular weight excluding hydrogens is 312 g/mol. The molecular formula is C20H22N4O. The lowest BCUT2D eigenvalue weighted by Crippen LogP contribution is -2.15. The Labute approximate surface area is 147 Å². The Morgan fingerprint density at radius 3 is 2.72 bits per heavy atom. The summed E-state index contributed by atoms with van der Waals surface area (Å²) in [6.45, 7) is 3.99. The molecule has 0 spiro atoms. The quantitative estimate of drug-likeness (QED) is 0.771. The van der Waals surface area contributed by atoms with Crippen LogP contribution < -0.4 is 5.32 Å². The molecule has 1 aromatic carbocycles. The molecule has 0 unspecified atom stereocenters. The van der Waals surface area contributed by atoms with Crippen LogP contribution in [0, 0.1) is 13.8 Å². The summed E-state index contributed by atoms with van der Waals surface area (Å²) in [6, 6.07) is 8.34. The van der Waals surface area contributed by atoms with Crippen LogP contribution >= 0.6 is 0 Å². The molecule has 128 valence electrons. The van der Waals surface area contributed by atoms with Crippen LogP contribution in [0.3, 0.4) is 0 Å². The molecule has 1 aliphatic rings. The van der Waals surface area contributed by atoms with E-state index in [2.05, 4.69) is 20.1 Å². The standard InChI is InChI=1S/C20H22N4O/c1-13-16-9-5-6-10-18(16)21-11-17(13)20(25)23-19-12-22-24(14(19)2)15-7-3-4-8-15/h5-6,9-12,15H,3-4,7-8H2,1-2H3,(H,23,25). The molecule has 3 aromatic rings. The fraction of sp³-hybridized carbons (Fsp3) is 0.350. The van der Waals surface area contributed by atoms with Gasteiger partial charge in [-0.25, -0.2) is 0 Å². The van der Waals surface area contributed by atoms with Crippen LogP contribution in [0.4, 0.5) is 5.69 Å². The minimum atomic E-state index is -0.134. The summed E-state index contributed by atoms with van der Waals surface area (Å²) in [7, 11) is 0. The van der Waals surface area contributed by atoms with Gasteiger partial charge < -0.3 is 5.32 Å². The second kappa shape index (κ2) is 6.31. The van der Waals surface area contributed by atoms with E-state index >= 15 is 0 Å². The molecule has 1 fully saturated rings. The first-order chi connectivity index (χ1) is 12.1. The lowest BCUT2D eigenvalue weighted by atomic mass is 10.0. The van der Waals surface area contributed by atoms with Crippen LogP contribution in [0.2, 0.25) is 0 Å². The van der Waals surface area contributed by atoms with Gasteiger partial charge in [-0.1, -0.05) is 31.0 Å². The molecule has 5 heteroatoms. The molecule has 0 bridgehead atoms. The van der Waals surface area contributed by atoms with Crippen molar-refractivity contribution in [2.45, 2.75) is 45.6 Å². The lowest BCUT2D eigenvalue weighted by Gasteiger charge is -2.13. The van der Waals surface area contributed by atoms with Crippen molar-refractivity contribution in [2.75, 3.05) is 5.32 Å². The van der Waals surface area contributed by atoms with Crippen molar-refractivity contribution in [1.82, 2.24) is 14.8 Å². The maximum atomic E-state index is 12.8. The van der Waals surface area contributed by atoms with Crippen LogP contribution in [-0.4, -0.2) is 20.7 Å². The van der Waals surface area contributed by atoms with Gasteiger partial charge in [0.2, 0.25) is 0 Å². The molecule has 1 aliphatic carbocycles. The number of amides is 1. The van der Waals surface area contributed by atoms with Gasteiger partial charge in [0.15, 0.2) is 0 Å². The minimum absolute atomic E-state index is 0.134. The van der Waals surface area contributed by atoms with Crippen LogP contribution in [-0.2, 0) is 0 Å². The number of pyridine rings is 1. The number of carbonyl (C=O) groups is 1. The average Bonchev–Trinajstić information content (AvgIpc) is 3.26. The Balaban J connectivity index is 1.61. The maximum absolute atomic E-state index is 12.8. The highest BCUT2D eigenvalue weighted by atomic mass is 16.1.